The third-order valence-corrected chi connectivity index (χ3v) is 4.47. The average molecular weight is 316 g/mol. The molecule has 1 N–H and O–H groups in total. The van der Waals surface area contributed by atoms with Crippen LogP contribution in [0.3, 0.4) is 0 Å². The molecule has 1 heterocycles. The van der Waals surface area contributed by atoms with Gasteiger partial charge in [0.2, 0.25) is 0 Å². The first-order valence-corrected chi connectivity index (χ1v) is 6.98. The molecule has 2 aromatic rings. The minimum absolute atomic E-state index is 0.0967. The molecular formula is C11H6ClNO4S2. The summed E-state index contributed by atoms with van der Waals surface area (Å²) in [7, 11) is 0. The molecular weight excluding hydrogens is 310 g/mol. The highest BCUT2D eigenvalue weighted by Crippen LogP contribution is 2.37. The first-order valence-electron chi connectivity index (χ1n) is 4.91. The number of aromatic carboxylic acids is 1. The number of rotatable bonds is 4. The Morgan fingerprint density at radius 1 is 1.42 bits per heavy atom. The van der Waals surface area contributed by atoms with Crippen molar-refractivity contribution in [3.63, 3.8) is 0 Å². The summed E-state index contributed by atoms with van der Waals surface area (Å²) in [6.45, 7) is 0. The normalized spacial score (nSPS) is 10.4. The first-order chi connectivity index (χ1) is 8.97. The zero-order chi connectivity index (χ0) is 14.0. The van der Waals surface area contributed by atoms with Crippen molar-refractivity contribution in [1.29, 1.82) is 0 Å². The molecule has 0 aliphatic rings. The van der Waals surface area contributed by atoms with E-state index in [1.807, 2.05) is 0 Å². The number of thiophene rings is 1. The number of hydrogen-bond donors (Lipinski definition) is 1. The molecule has 5 nitrogen and oxygen atoms in total. The van der Waals surface area contributed by atoms with E-state index in [1.165, 1.54) is 12.1 Å². The molecule has 1 aromatic carbocycles. The molecule has 0 saturated heterocycles. The number of carboxylic acids is 1. The number of hydrogen-bond acceptors (Lipinski definition) is 5. The molecule has 2 rings (SSSR count). The van der Waals surface area contributed by atoms with Crippen molar-refractivity contribution >= 4 is 46.4 Å². The maximum Gasteiger partial charge on any atom is 0.345 e. The average Bonchev–Trinajstić information content (AvgIpc) is 2.80. The second-order valence-electron chi connectivity index (χ2n) is 3.42. The second-order valence-corrected chi connectivity index (χ2v) is 5.89. The lowest BCUT2D eigenvalue weighted by molar-refractivity contribution is -0.387. The smallest absolute Gasteiger partial charge is 0.345 e. The maximum atomic E-state index is 10.9. The lowest BCUT2D eigenvalue weighted by Crippen LogP contribution is -1.91. The van der Waals surface area contributed by atoms with Crippen molar-refractivity contribution in [2.75, 3.05) is 0 Å². The first kappa shape index (κ1) is 13.9. The van der Waals surface area contributed by atoms with E-state index in [4.69, 9.17) is 16.7 Å². The monoisotopic (exact) mass is 315 g/mol. The largest absolute Gasteiger partial charge is 0.477 e. The van der Waals surface area contributed by atoms with Crippen LogP contribution in [0.1, 0.15) is 9.67 Å². The standard InChI is InChI=1S/C11H6ClNO4S2/c12-6-1-2-9(8(3-6)13(16)17)19-7-4-10(11(14)15)18-5-7/h1-5H,(H,14,15). The van der Waals surface area contributed by atoms with Crippen molar-refractivity contribution < 1.29 is 14.8 Å². The zero-order valence-corrected chi connectivity index (χ0v) is 11.6. The van der Waals surface area contributed by atoms with Gasteiger partial charge in [-0.2, -0.15) is 0 Å². The van der Waals surface area contributed by atoms with E-state index in [-0.39, 0.29) is 15.6 Å². The van der Waals surface area contributed by atoms with Gasteiger partial charge in [-0.25, -0.2) is 4.79 Å². The number of nitro benzene ring substituents is 1. The van der Waals surface area contributed by atoms with Gasteiger partial charge in [0.25, 0.3) is 5.69 Å². The summed E-state index contributed by atoms with van der Waals surface area (Å²) in [5, 5.41) is 21.7. The summed E-state index contributed by atoms with van der Waals surface area (Å²) in [4.78, 5) is 22.4. The molecule has 1 aromatic heterocycles. The topological polar surface area (TPSA) is 80.4 Å². The molecule has 98 valence electrons. The van der Waals surface area contributed by atoms with Gasteiger partial charge < -0.3 is 5.11 Å². The number of halogens is 1. The Morgan fingerprint density at radius 2 is 2.16 bits per heavy atom. The lowest BCUT2D eigenvalue weighted by atomic mass is 10.3. The molecule has 0 radical (unpaired) electrons. The van der Waals surface area contributed by atoms with E-state index >= 15 is 0 Å². The van der Waals surface area contributed by atoms with E-state index in [9.17, 15) is 14.9 Å². The highest BCUT2D eigenvalue weighted by atomic mass is 35.5. The number of nitrogens with zero attached hydrogens (tertiary/aromatic N) is 1. The quantitative estimate of drug-likeness (QED) is 0.677. The SMILES string of the molecule is O=C(O)c1cc(Sc2ccc(Cl)cc2[N+](=O)[O-])cs1. The summed E-state index contributed by atoms with van der Waals surface area (Å²) < 4.78 is 0. The maximum absolute atomic E-state index is 10.9. The molecule has 0 atom stereocenters. The van der Waals surface area contributed by atoms with Gasteiger partial charge in [-0.1, -0.05) is 23.4 Å². The van der Waals surface area contributed by atoms with Gasteiger partial charge in [-0.15, -0.1) is 11.3 Å². The Morgan fingerprint density at radius 3 is 2.74 bits per heavy atom. The fourth-order valence-corrected chi connectivity index (χ4v) is 3.32. The lowest BCUT2D eigenvalue weighted by Gasteiger charge is -2.01. The van der Waals surface area contributed by atoms with Crippen molar-refractivity contribution in [3.8, 4) is 0 Å². The Hall–Kier alpha value is -1.57. The van der Waals surface area contributed by atoms with Crippen molar-refractivity contribution in [2.45, 2.75) is 9.79 Å². The number of nitro groups is 1. The summed E-state index contributed by atoms with van der Waals surface area (Å²) in [6, 6.07) is 5.86. The Balaban J connectivity index is 2.32. The van der Waals surface area contributed by atoms with Gasteiger partial charge in [0.15, 0.2) is 0 Å². The summed E-state index contributed by atoms with van der Waals surface area (Å²) >= 11 is 7.93. The van der Waals surface area contributed by atoms with Gasteiger partial charge in [-0.3, -0.25) is 10.1 Å². The molecule has 8 heteroatoms. The highest BCUT2D eigenvalue weighted by Gasteiger charge is 2.16. The van der Waals surface area contributed by atoms with Crippen LogP contribution in [0, 0.1) is 10.1 Å². The number of benzene rings is 1. The van der Waals surface area contributed by atoms with Gasteiger partial charge in [0.1, 0.15) is 4.88 Å². The predicted molar refractivity (Wildman–Crippen MR) is 73.5 cm³/mol. The van der Waals surface area contributed by atoms with E-state index in [1.54, 1.807) is 17.5 Å². The van der Waals surface area contributed by atoms with Crippen LogP contribution >= 0.6 is 34.7 Å². The zero-order valence-electron chi connectivity index (χ0n) is 9.20. The Labute approximate surface area is 121 Å². The molecule has 0 bridgehead atoms. The Bertz CT molecular complexity index is 656. The van der Waals surface area contributed by atoms with E-state index in [0.717, 1.165) is 23.1 Å². The predicted octanol–water partition coefficient (Wildman–Crippen LogP) is 4.16. The fraction of sp³-hybridized carbons (Fsp3) is 0. The van der Waals surface area contributed by atoms with Crippen LogP contribution in [0.2, 0.25) is 5.02 Å². The van der Waals surface area contributed by atoms with Crippen LogP contribution < -0.4 is 0 Å². The van der Waals surface area contributed by atoms with Crippen LogP contribution in [-0.2, 0) is 0 Å². The van der Waals surface area contributed by atoms with Crippen molar-refractivity contribution in [1.82, 2.24) is 0 Å². The van der Waals surface area contributed by atoms with Crippen LogP contribution in [0.15, 0.2) is 39.4 Å². The number of carbonyl (C=O) groups is 1. The molecule has 0 fully saturated rings. The third kappa shape index (κ3) is 3.25. The minimum atomic E-state index is -1.01. The molecule has 0 saturated carbocycles. The molecule has 0 aliphatic heterocycles. The van der Waals surface area contributed by atoms with Crippen molar-refractivity contribution in [2.24, 2.45) is 0 Å². The van der Waals surface area contributed by atoms with Crippen LogP contribution in [0.5, 0.6) is 0 Å². The molecule has 19 heavy (non-hydrogen) atoms. The van der Waals surface area contributed by atoms with Gasteiger partial charge in [0, 0.05) is 21.4 Å². The van der Waals surface area contributed by atoms with Gasteiger partial charge in [-0.05, 0) is 18.2 Å². The summed E-state index contributed by atoms with van der Waals surface area (Å²) in [5.74, 6) is -1.01. The van der Waals surface area contributed by atoms with Crippen molar-refractivity contribution in [3.05, 3.63) is 49.7 Å². The van der Waals surface area contributed by atoms with Crippen LogP contribution in [0.4, 0.5) is 5.69 Å². The Kier molecular flexibility index (Phi) is 4.08. The molecule has 0 amide bonds. The van der Waals surface area contributed by atoms with Crippen LogP contribution in [-0.4, -0.2) is 16.0 Å². The summed E-state index contributed by atoms with van der Waals surface area (Å²) in [6.07, 6.45) is 0. The third-order valence-electron chi connectivity index (χ3n) is 2.13. The number of carboxylic acid groups (broad SMARTS) is 1. The van der Waals surface area contributed by atoms with E-state index < -0.39 is 10.9 Å². The molecule has 0 unspecified atom stereocenters. The summed E-state index contributed by atoms with van der Waals surface area (Å²) in [5.41, 5.74) is -0.0967. The fourth-order valence-electron chi connectivity index (χ4n) is 1.33. The van der Waals surface area contributed by atoms with E-state index in [2.05, 4.69) is 0 Å². The molecule has 0 spiro atoms. The second kappa shape index (κ2) is 5.60. The minimum Gasteiger partial charge on any atom is -0.477 e. The van der Waals surface area contributed by atoms with E-state index in [0.29, 0.717) is 9.79 Å². The highest BCUT2D eigenvalue weighted by molar-refractivity contribution is 7.99. The molecule has 0 aliphatic carbocycles. The van der Waals surface area contributed by atoms with Crippen LogP contribution in [0.25, 0.3) is 0 Å². The van der Waals surface area contributed by atoms with Gasteiger partial charge >= 0.3 is 5.97 Å². The van der Waals surface area contributed by atoms with Gasteiger partial charge in [0.05, 0.1) is 9.82 Å².